The topological polar surface area (TPSA) is 40.5 Å². The van der Waals surface area contributed by atoms with Crippen molar-refractivity contribution >= 4 is 37.1 Å². The van der Waals surface area contributed by atoms with E-state index in [0.29, 0.717) is 11.5 Å². The maximum atomic E-state index is 10.6. The van der Waals surface area contributed by atoms with E-state index in [1.165, 1.54) is 10.6 Å². The molecule has 0 radical (unpaired) electrons. The van der Waals surface area contributed by atoms with Crippen LogP contribution in [-0.2, 0) is 0 Å². The van der Waals surface area contributed by atoms with Crippen LogP contribution in [0.4, 0.5) is 0 Å². The predicted molar refractivity (Wildman–Crippen MR) is 131 cm³/mol. The fourth-order valence-electron chi connectivity index (χ4n) is 3.58. The monoisotopic (exact) mass is 430 g/mol. The molecule has 0 amide bonds. The van der Waals surface area contributed by atoms with Gasteiger partial charge in [-0.15, -0.1) is 0 Å². The molecule has 0 fully saturated rings. The molecule has 150 valence electrons. The molecule has 0 heterocycles. The van der Waals surface area contributed by atoms with Crippen LogP contribution in [0.2, 0.25) is 0 Å². The molecule has 2 atom stereocenters. The van der Waals surface area contributed by atoms with Gasteiger partial charge in [0.1, 0.15) is 11.5 Å². The number of rotatable bonds is 7. The van der Waals surface area contributed by atoms with Gasteiger partial charge in [0.25, 0.3) is 0 Å². The van der Waals surface area contributed by atoms with Crippen molar-refractivity contribution in [2.45, 2.75) is 0 Å². The van der Waals surface area contributed by atoms with Crippen molar-refractivity contribution in [1.82, 2.24) is 0 Å². The zero-order valence-corrected chi connectivity index (χ0v) is 18.4. The molecule has 0 aliphatic heterocycles. The summed E-state index contributed by atoms with van der Waals surface area (Å²) in [6.45, 7) is 0. The van der Waals surface area contributed by atoms with Gasteiger partial charge in [-0.1, -0.05) is 97.1 Å². The Labute approximate surface area is 180 Å². The Kier molecular flexibility index (Phi) is 6.80. The van der Waals surface area contributed by atoms with Gasteiger partial charge >= 0.3 is 0 Å². The quantitative estimate of drug-likeness (QED) is 0.419. The molecule has 0 spiro atoms. The minimum absolute atomic E-state index is 0.360. The number of phenolic OH excluding ortho intramolecular Hbond substituents is 2. The van der Waals surface area contributed by atoms with Crippen LogP contribution in [0.5, 0.6) is 11.5 Å². The standard InChI is InChI=1S/C26H24O2P2/c27-23-15-7-9-17-25(23)29(21-11-3-1-4-12-21)19-20-30(22-13-5-2-6-14-22)26-18-10-8-16-24(26)28/h1-18,27-28H,19-20H2. The Morgan fingerprint density at radius 2 is 0.767 bits per heavy atom. The van der Waals surface area contributed by atoms with Gasteiger partial charge in [0.2, 0.25) is 0 Å². The maximum absolute atomic E-state index is 10.6. The minimum Gasteiger partial charge on any atom is -0.507 e. The van der Waals surface area contributed by atoms with Gasteiger partial charge in [0.15, 0.2) is 0 Å². The SMILES string of the molecule is Oc1ccccc1P(CCP(c1ccccc1)c1ccccc1O)c1ccccc1. The van der Waals surface area contributed by atoms with Crippen LogP contribution in [0.15, 0.2) is 109 Å². The van der Waals surface area contributed by atoms with Crippen molar-refractivity contribution in [3.05, 3.63) is 109 Å². The summed E-state index contributed by atoms with van der Waals surface area (Å²) < 4.78 is 0. The lowest BCUT2D eigenvalue weighted by Crippen LogP contribution is -2.20. The maximum Gasteiger partial charge on any atom is 0.123 e. The Balaban J connectivity index is 1.70. The Bertz CT molecular complexity index is 995. The molecule has 4 rings (SSSR count). The van der Waals surface area contributed by atoms with E-state index >= 15 is 0 Å². The molecule has 0 saturated carbocycles. The Morgan fingerprint density at radius 1 is 0.433 bits per heavy atom. The summed E-state index contributed by atoms with van der Waals surface area (Å²) in [7, 11) is -1.42. The van der Waals surface area contributed by atoms with Crippen molar-refractivity contribution in [3.8, 4) is 11.5 Å². The zero-order valence-electron chi connectivity index (χ0n) is 16.6. The molecular weight excluding hydrogens is 406 g/mol. The van der Waals surface area contributed by atoms with Gasteiger partial charge in [0, 0.05) is 10.6 Å². The average Bonchev–Trinajstić information content (AvgIpc) is 2.80. The molecule has 2 N–H and O–H groups in total. The third-order valence-corrected chi connectivity index (χ3v) is 10.5. The number of aromatic hydroxyl groups is 2. The van der Waals surface area contributed by atoms with E-state index in [4.69, 9.17) is 0 Å². The molecule has 0 aromatic heterocycles. The third-order valence-electron chi connectivity index (χ3n) is 5.03. The van der Waals surface area contributed by atoms with Gasteiger partial charge in [-0.2, -0.15) is 0 Å². The van der Waals surface area contributed by atoms with Crippen molar-refractivity contribution in [1.29, 1.82) is 0 Å². The number of hydrogen-bond acceptors (Lipinski definition) is 2. The largest absolute Gasteiger partial charge is 0.507 e. The Morgan fingerprint density at radius 3 is 1.13 bits per heavy atom. The normalized spacial score (nSPS) is 12.9. The van der Waals surface area contributed by atoms with E-state index in [9.17, 15) is 10.2 Å². The molecule has 2 nitrogen and oxygen atoms in total. The molecule has 4 heteroatoms. The van der Waals surface area contributed by atoms with E-state index < -0.39 is 15.8 Å². The number of hydrogen-bond donors (Lipinski definition) is 2. The van der Waals surface area contributed by atoms with E-state index in [2.05, 4.69) is 48.5 Å². The van der Waals surface area contributed by atoms with Gasteiger partial charge in [0.05, 0.1) is 0 Å². The highest BCUT2D eigenvalue weighted by atomic mass is 31.1. The lowest BCUT2D eigenvalue weighted by molar-refractivity contribution is 0.479. The molecule has 0 aliphatic rings. The molecular formula is C26H24O2P2. The highest BCUT2D eigenvalue weighted by molar-refractivity contribution is 7.76. The smallest absolute Gasteiger partial charge is 0.123 e. The summed E-state index contributed by atoms with van der Waals surface area (Å²) >= 11 is 0. The number of benzene rings is 4. The van der Waals surface area contributed by atoms with Crippen LogP contribution in [0.25, 0.3) is 0 Å². The van der Waals surface area contributed by atoms with Gasteiger partial charge in [-0.05, 0) is 50.9 Å². The van der Waals surface area contributed by atoms with E-state index in [-0.39, 0.29) is 0 Å². The second kappa shape index (κ2) is 9.90. The van der Waals surface area contributed by atoms with Gasteiger partial charge in [-0.3, -0.25) is 0 Å². The molecule has 2 unspecified atom stereocenters. The molecule has 0 aliphatic carbocycles. The molecule has 30 heavy (non-hydrogen) atoms. The lowest BCUT2D eigenvalue weighted by Gasteiger charge is -2.24. The van der Waals surface area contributed by atoms with Crippen molar-refractivity contribution in [3.63, 3.8) is 0 Å². The first kappa shape index (κ1) is 20.6. The zero-order chi connectivity index (χ0) is 20.8. The number of para-hydroxylation sites is 2. The summed E-state index contributed by atoms with van der Waals surface area (Å²) in [6.07, 6.45) is 1.87. The van der Waals surface area contributed by atoms with Crippen molar-refractivity contribution < 1.29 is 10.2 Å². The molecule has 4 aromatic rings. The highest BCUT2D eigenvalue weighted by Crippen LogP contribution is 2.43. The predicted octanol–water partition coefficient (Wildman–Crippen LogP) is 4.66. The fourth-order valence-corrected chi connectivity index (χ4v) is 9.03. The molecule has 0 saturated heterocycles. The van der Waals surface area contributed by atoms with Crippen molar-refractivity contribution in [2.75, 3.05) is 12.3 Å². The second-order valence-corrected chi connectivity index (χ2v) is 11.6. The van der Waals surface area contributed by atoms with Crippen molar-refractivity contribution in [2.24, 2.45) is 0 Å². The number of phenols is 2. The molecule has 0 bridgehead atoms. The van der Waals surface area contributed by atoms with Crippen LogP contribution in [0.1, 0.15) is 0 Å². The fraction of sp³-hybridized carbons (Fsp3) is 0.0769. The summed E-state index contributed by atoms with van der Waals surface area (Å²) in [6, 6.07) is 36.3. The lowest BCUT2D eigenvalue weighted by atomic mass is 10.3. The van der Waals surface area contributed by atoms with Crippen LogP contribution >= 0.6 is 15.8 Å². The average molecular weight is 430 g/mol. The van der Waals surface area contributed by atoms with E-state index in [1.54, 1.807) is 12.1 Å². The van der Waals surface area contributed by atoms with E-state index in [0.717, 1.165) is 22.9 Å². The van der Waals surface area contributed by atoms with Crippen LogP contribution < -0.4 is 21.2 Å². The highest BCUT2D eigenvalue weighted by Gasteiger charge is 2.22. The first-order valence-electron chi connectivity index (χ1n) is 9.95. The van der Waals surface area contributed by atoms with Gasteiger partial charge < -0.3 is 10.2 Å². The van der Waals surface area contributed by atoms with E-state index in [1.807, 2.05) is 48.5 Å². The summed E-state index contributed by atoms with van der Waals surface area (Å²) in [5.41, 5.74) is 0. The van der Waals surface area contributed by atoms with Gasteiger partial charge in [-0.25, -0.2) is 0 Å². The van der Waals surface area contributed by atoms with Crippen LogP contribution in [0, 0.1) is 0 Å². The second-order valence-electron chi connectivity index (χ2n) is 6.95. The summed E-state index contributed by atoms with van der Waals surface area (Å²) in [4.78, 5) is 0. The third kappa shape index (κ3) is 4.73. The van der Waals surface area contributed by atoms with Crippen LogP contribution in [-0.4, -0.2) is 22.5 Å². The first-order chi connectivity index (χ1) is 14.7. The summed E-state index contributed by atoms with van der Waals surface area (Å²) in [5, 5.41) is 25.7. The Hall–Kier alpha value is -2.66. The van der Waals surface area contributed by atoms with Crippen LogP contribution in [0.3, 0.4) is 0 Å². The summed E-state index contributed by atoms with van der Waals surface area (Å²) in [5.74, 6) is 0.720. The first-order valence-corrected chi connectivity index (χ1v) is 13.0. The minimum atomic E-state index is -0.710. The molecule has 4 aromatic carbocycles.